The van der Waals surface area contributed by atoms with Crippen molar-refractivity contribution in [3.8, 4) is 0 Å². The van der Waals surface area contributed by atoms with Gasteiger partial charge < -0.3 is 14.7 Å². The van der Waals surface area contributed by atoms with E-state index in [2.05, 4.69) is 5.16 Å². The van der Waals surface area contributed by atoms with Crippen LogP contribution in [0.5, 0.6) is 0 Å². The zero-order valence-corrected chi connectivity index (χ0v) is 6.31. The first kappa shape index (κ1) is 8.32. The standard InChI is InChI=1S/C7H7NO4/c1-4-6(7(9)10)2-5(12-4)3-8-11/h2-3,11H,1H3,(H,9,10). The molecule has 0 bridgehead atoms. The molecule has 0 spiro atoms. The smallest absolute Gasteiger partial charge is 0.339 e. The van der Waals surface area contributed by atoms with Crippen LogP contribution in [0.2, 0.25) is 0 Å². The molecule has 0 saturated heterocycles. The van der Waals surface area contributed by atoms with E-state index in [9.17, 15) is 4.79 Å². The Labute approximate surface area is 67.9 Å². The molecule has 0 amide bonds. The predicted octanol–water partition coefficient (Wildman–Crippen LogP) is 1.09. The number of hydrogen-bond acceptors (Lipinski definition) is 4. The molecule has 0 aliphatic carbocycles. The van der Waals surface area contributed by atoms with Crippen molar-refractivity contribution in [2.24, 2.45) is 5.16 Å². The highest BCUT2D eigenvalue weighted by molar-refractivity contribution is 5.91. The molecule has 0 aliphatic rings. The molecule has 1 heterocycles. The summed E-state index contributed by atoms with van der Waals surface area (Å²) in [7, 11) is 0. The Kier molecular flexibility index (Phi) is 2.14. The van der Waals surface area contributed by atoms with E-state index in [1.165, 1.54) is 13.0 Å². The number of nitrogens with zero attached hydrogens (tertiary/aromatic N) is 1. The van der Waals surface area contributed by atoms with E-state index in [0.29, 0.717) is 0 Å². The molecule has 0 unspecified atom stereocenters. The van der Waals surface area contributed by atoms with Gasteiger partial charge in [-0.1, -0.05) is 5.16 Å². The third kappa shape index (κ3) is 1.45. The van der Waals surface area contributed by atoms with E-state index in [4.69, 9.17) is 14.7 Å². The first-order valence-electron chi connectivity index (χ1n) is 3.16. The summed E-state index contributed by atoms with van der Waals surface area (Å²) >= 11 is 0. The third-order valence-corrected chi connectivity index (χ3v) is 1.35. The van der Waals surface area contributed by atoms with E-state index in [1.54, 1.807) is 0 Å². The van der Waals surface area contributed by atoms with Crippen molar-refractivity contribution < 1.29 is 19.5 Å². The summed E-state index contributed by atoms with van der Waals surface area (Å²) in [6.45, 7) is 1.53. The summed E-state index contributed by atoms with van der Waals surface area (Å²) in [5.74, 6) is -0.557. The molecular formula is C7H7NO4. The maximum absolute atomic E-state index is 10.5. The normalized spacial score (nSPS) is 10.8. The maximum atomic E-state index is 10.5. The Morgan fingerprint density at radius 1 is 1.75 bits per heavy atom. The number of rotatable bonds is 2. The second-order valence-corrected chi connectivity index (χ2v) is 2.17. The van der Waals surface area contributed by atoms with Crippen molar-refractivity contribution in [1.82, 2.24) is 0 Å². The average Bonchev–Trinajstić information content (AvgIpc) is 2.32. The van der Waals surface area contributed by atoms with Gasteiger partial charge in [-0.15, -0.1) is 0 Å². The van der Waals surface area contributed by atoms with Crippen LogP contribution in [-0.4, -0.2) is 22.5 Å². The minimum Gasteiger partial charge on any atom is -0.478 e. The SMILES string of the molecule is Cc1oc(C=NO)cc1C(=O)O. The molecule has 0 fully saturated rings. The molecule has 12 heavy (non-hydrogen) atoms. The fraction of sp³-hybridized carbons (Fsp3) is 0.143. The molecule has 0 atom stereocenters. The van der Waals surface area contributed by atoms with Gasteiger partial charge in [-0.25, -0.2) is 4.79 Å². The van der Waals surface area contributed by atoms with Gasteiger partial charge >= 0.3 is 5.97 Å². The van der Waals surface area contributed by atoms with Crippen LogP contribution in [0.3, 0.4) is 0 Å². The van der Waals surface area contributed by atoms with E-state index < -0.39 is 5.97 Å². The number of oxime groups is 1. The van der Waals surface area contributed by atoms with Crippen LogP contribution in [0.15, 0.2) is 15.6 Å². The van der Waals surface area contributed by atoms with Gasteiger partial charge in [-0.2, -0.15) is 0 Å². The second kappa shape index (κ2) is 3.08. The molecule has 0 aliphatic heterocycles. The summed E-state index contributed by atoms with van der Waals surface area (Å²) in [6.07, 6.45) is 1.03. The molecule has 0 radical (unpaired) electrons. The fourth-order valence-corrected chi connectivity index (χ4v) is 0.838. The summed E-state index contributed by atoms with van der Waals surface area (Å²) in [4.78, 5) is 10.5. The van der Waals surface area contributed by atoms with Crippen LogP contribution in [-0.2, 0) is 0 Å². The average molecular weight is 169 g/mol. The molecule has 5 nitrogen and oxygen atoms in total. The van der Waals surface area contributed by atoms with Gasteiger partial charge in [0.15, 0.2) is 0 Å². The van der Waals surface area contributed by atoms with Crippen LogP contribution in [0.25, 0.3) is 0 Å². The number of aromatic carboxylic acids is 1. The third-order valence-electron chi connectivity index (χ3n) is 1.35. The molecule has 1 aromatic heterocycles. The number of carboxylic acid groups (broad SMARTS) is 1. The number of furan rings is 1. The van der Waals surface area contributed by atoms with Crippen LogP contribution in [0, 0.1) is 6.92 Å². The minimum atomic E-state index is -1.06. The van der Waals surface area contributed by atoms with Crippen molar-refractivity contribution in [1.29, 1.82) is 0 Å². The second-order valence-electron chi connectivity index (χ2n) is 2.17. The topological polar surface area (TPSA) is 83.0 Å². The molecule has 0 aromatic carbocycles. The highest BCUT2D eigenvalue weighted by atomic mass is 16.4. The first-order chi connectivity index (χ1) is 5.65. The molecule has 5 heteroatoms. The van der Waals surface area contributed by atoms with Crippen LogP contribution in [0.4, 0.5) is 0 Å². The Balaban J connectivity index is 3.08. The van der Waals surface area contributed by atoms with Crippen molar-refractivity contribution >= 4 is 12.2 Å². The summed E-state index contributed by atoms with van der Waals surface area (Å²) in [6, 6.07) is 1.29. The van der Waals surface area contributed by atoms with E-state index >= 15 is 0 Å². The van der Waals surface area contributed by atoms with Gasteiger partial charge in [-0.3, -0.25) is 0 Å². The van der Waals surface area contributed by atoms with Crippen LogP contribution < -0.4 is 0 Å². The number of hydrogen-bond donors (Lipinski definition) is 2. The predicted molar refractivity (Wildman–Crippen MR) is 39.8 cm³/mol. The lowest BCUT2D eigenvalue weighted by atomic mass is 10.2. The van der Waals surface area contributed by atoms with E-state index in [-0.39, 0.29) is 17.1 Å². The number of carbonyl (C=O) groups is 1. The first-order valence-corrected chi connectivity index (χ1v) is 3.16. The molecule has 1 aromatic rings. The Morgan fingerprint density at radius 3 is 2.83 bits per heavy atom. The molecular weight excluding hydrogens is 162 g/mol. The van der Waals surface area contributed by atoms with Gasteiger partial charge in [0, 0.05) is 6.07 Å². The Morgan fingerprint density at radius 2 is 2.42 bits per heavy atom. The van der Waals surface area contributed by atoms with Crippen molar-refractivity contribution in [3.63, 3.8) is 0 Å². The van der Waals surface area contributed by atoms with Crippen molar-refractivity contribution in [2.75, 3.05) is 0 Å². The lowest BCUT2D eigenvalue weighted by Gasteiger charge is -1.85. The molecule has 64 valence electrons. The lowest BCUT2D eigenvalue weighted by molar-refractivity contribution is 0.0695. The summed E-state index contributed by atoms with van der Waals surface area (Å²) in [5.41, 5.74) is 0.0740. The summed E-state index contributed by atoms with van der Waals surface area (Å²) in [5, 5.41) is 19.4. The van der Waals surface area contributed by atoms with Gasteiger partial charge in [0.2, 0.25) is 0 Å². The summed E-state index contributed by atoms with van der Waals surface area (Å²) < 4.78 is 4.93. The monoisotopic (exact) mass is 169 g/mol. The largest absolute Gasteiger partial charge is 0.478 e. The van der Waals surface area contributed by atoms with Crippen LogP contribution >= 0.6 is 0 Å². The maximum Gasteiger partial charge on any atom is 0.339 e. The lowest BCUT2D eigenvalue weighted by Crippen LogP contribution is -1.94. The Hall–Kier alpha value is -1.78. The molecule has 2 N–H and O–H groups in total. The quantitative estimate of drug-likeness (QED) is 0.394. The van der Waals surface area contributed by atoms with Crippen molar-refractivity contribution in [2.45, 2.75) is 6.92 Å². The van der Waals surface area contributed by atoms with Gasteiger partial charge in [0.1, 0.15) is 23.3 Å². The van der Waals surface area contributed by atoms with Gasteiger partial charge in [0.25, 0.3) is 0 Å². The van der Waals surface area contributed by atoms with E-state index in [1.807, 2.05) is 0 Å². The fourth-order valence-electron chi connectivity index (χ4n) is 0.838. The zero-order valence-electron chi connectivity index (χ0n) is 6.31. The molecule has 0 saturated carbocycles. The van der Waals surface area contributed by atoms with Crippen molar-refractivity contribution in [3.05, 3.63) is 23.2 Å². The van der Waals surface area contributed by atoms with E-state index in [0.717, 1.165) is 6.21 Å². The van der Waals surface area contributed by atoms with Gasteiger partial charge in [-0.05, 0) is 6.92 Å². The minimum absolute atomic E-state index is 0.0740. The van der Waals surface area contributed by atoms with Gasteiger partial charge in [0.05, 0.1) is 0 Å². The zero-order chi connectivity index (χ0) is 9.14. The number of carboxylic acids is 1. The number of aryl methyl sites for hydroxylation is 1. The van der Waals surface area contributed by atoms with Crippen LogP contribution in [0.1, 0.15) is 21.9 Å². The highest BCUT2D eigenvalue weighted by Crippen LogP contribution is 2.12. The highest BCUT2D eigenvalue weighted by Gasteiger charge is 2.12. The molecule has 1 rings (SSSR count). The Bertz CT molecular complexity index is 326.